The van der Waals surface area contributed by atoms with Crippen LogP contribution in [0.1, 0.15) is 45.6 Å². The van der Waals surface area contributed by atoms with Crippen LogP contribution in [0.2, 0.25) is 0 Å². The van der Waals surface area contributed by atoms with Crippen molar-refractivity contribution in [1.29, 1.82) is 0 Å². The minimum Gasteiger partial charge on any atom is -0.316 e. The third-order valence-corrected chi connectivity index (χ3v) is 3.86. The number of hydrogen-bond acceptors (Lipinski definition) is 2. The van der Waals surface area contributed by atoms with Gasteiger partial charge in [-0.15, -0.1) is 11.8 Å². The van der Waals surface area contributed by atoms with Crippen molar-refractivity contribution in [2.75, 3.05) is 13.1 Å². The average molecular weight is 251 g/mol. The van der Waals surface area contributed by atoms with Gasteiger partial charge in [-0.1, -0.05) is 39.8 Å². The van der Waals surface area contributed by atoms with Crippen molar-refractivity contribution in [3.05, 3.63) is 29.8 Å². The smallest absolute Gasteiger partial charge is 0.0191 e. The van der Waals surface area contributed by atoms with Gasteiger partial charge in [0.2, 0.25) is 0 Å². The molecule has 1 nitrogen and oxygen atoms in total. The van der Waals surface area contributed by atoms with Crippen molar-refractivity contribution in [3.63, 3.8) is 0 Å². The molecule has 1 aromatic carbocycles. The van der Waals surface area contributed by atoms with E-state index in [-0.39, 0.29) is 0 Å². The first-order valence-electron chi connectivity index (χ1n) is 6.60. The molecule has 1 rings (SSSR count). The lowest BCUT2D eigenvalue weighted by Crippen LogP contribution is -2.23. The van der Waals surface area contributed by atoms with E-state index in [4.69, 9.17) is 0 Å². The zero-order chi connectivity index (χ0) is 12.7. The predicted octanol–water partition coefficient (Wildman–Crippen LogP) is 4.29. The van der Waals surface area contributed by atoms with Crippen molar-refractivity contribution >= 4 is 11.8 Å². The minimum atomic E-state index is 0.623. The molecule has 0 bridgehead atoms. The normalized spacial score (nSPS) is 13.0. The number of thioether (sulfide) groups is 1. The molecule has 0 radical (unpaired) electrons. The molecule has 0 aliphatic rings. The Hall–Kier alpha value is -0.470. The average Bonchev–Trinajstić information content (AvgIpc) is 2.30. The molecule has 1 aromatic rings. The van der Waals surface area contributed by atoms with Crippen molar-refractivity contribution in [1.82, 2.24) is 5.32 Å². The van der Waals surface area contributed by atoms with Gasteiger partial charge in [0.15, 0.2) is 0 Å². The van der Waals surface area contributed by atoms with Crippen LogP contribution in [0.3, 0.4) is 0 Å². The summed E-state index contributed by atoms with van der Waals surface area (Å²) in [7, 11) is 0. The van der Waals surface area contributed by atoms with Gasteiger partial charge in [0, 0.05) is 16.7 Å². The van der Waals surface area contributed by atoms with E-state index in [9.17, 15) is 0 Å². The van der Waals surface area contributed by atoms with Gasteiger partial charge in [-0.2, -0.15) is 0 Å². The quantitative estimate of drug-likeness (QED) is 0.573. The van der Waals surface area contributed by atoms with E-state index >= 15 is 0 Å². The first-order chi connectivity index (χ1) is 8.13. The van der Waals surface area contributed by atoms with Crippen LogP contribution in [0.4, 0.5) is 0 Å². The fourth-order valence-electron chi connectivity index (χ4n) is 1.69. The maximum Gasteiger partial charge on any atom is 0.0191 e. The van der Waals surface area contributed by atoms with E-state index in [1.54, 1.807) is 0 Å². The minimum absolute atomic E-state index is 0.623. The Morgan fingerprint density at radius 2 is 1.76 bits per heavy atom. The van der Waals surface area contributed by atoms with Crippen molar-refractivity contribution in [3.8, 4) is 0 Å². The molecule has 0 amide bonds. The summed E-state index contributed by atoms with van der Waals surface area (Å²) in [6, 6.07) is 8.99. The van der Waals surface area contributed by atoms with E-state index in [0.717, 1.165) is 13.1 Å². The van der Waals surface area contributed by atoms with E-state index in [1.165, 1.54) is 16.9 Å². The van der Waals surface area contributed by atoms with Gasteiger partial charge in [0.05, 0.1) is 0 Å². The van der Waals surface area contributed by atoms with Gasteiger partial charge >= 0.3 is 0 Å². The van der Waals surface area contributed by atoms with E-state index in [2.05, 4.69) is 57.3 Å². The fourth-order valence-corrected chi connectivity index (χ4v) is 2.65. The van der Waals surface area contributed by atoms with Gasteiger partial charge in [-0.25, -0.2) is 0 Å². The Labute approximate surface area is 110 Å². The van der Waals surface area contributed by atoms with Crippen LogP contribution in [0.25, 0.3) is 0 Å². The highest BCUT2D eigenvalue weighted by molar-refractivity contribution is 8.00. The van der Waals surface area contributed by atoms with Gasteiger partial charge in [-0.3, -0.25) is 0 Å². The molecule has 1 atom stereocenters. The summed E-state index contributed by atoms with van der Waals surface area (Å²) in [6.45, 7) is 11.2. The zero-order valence-corrected chi connectivity index (χ0v) is 12.3. The second kappa shape index (κ2) is 7.78. The monoisotopic (exact) mass is 251 g/mol. The van der Waals surface area contributed by atoms with Crippen LogP contribution in [0, 0.1) is 0 Å². The van der Waals surface area contributed by atoms with Crippen LogP contribution >= 0.6 is 11.8 Å². The molecule has 17 heavy (non-hydrogen) atoms. The highest BCUT2D eigenvalue weighted by atomic mass is 32.2. The molecule has 1 N–H and O–H groups in total. The number of hydrogen-bond donors (Lipinski definition) is 1. The molecule has 0 saturated heterocycles. The molecule has 0 fully saturated rings. The molecule has 0 spiro atoms. The number of nitrogens with one attached hydrogen (secondary N) is 1. The Bertz CT molecular complexity index is 305. The van der Waals surface area contributed by atoms with Crippen molar-refractivity contribution in [2.24, 2.45) is 0 Å². The Balaban J connectivity index is 2.40. The summed E-state index contributed by atoms with van der Waals surface area (Å²) in [4.78, 5) is 1.38. The third-order valence-electron chi connectivity index (χ3n) is 2.74. The maximum absolute atomic E-state index is 3.46. The first kappa shape index (κ1) is 14.6. The molecule has 0 aliphatic carbocycles. The maximum atomic E-state index is 3.46. The van der Waals surface area contributed by atoms with Crippen LogP contribution in [-0.2, 0) is 0 Å². The van der Waals surface area contributed by atoms with Crippen molar-refractivity contribution < 1.29 is 0 Å². The Morgan fingerprint density at radius 1 is 1.12 bits per heavy atom. The molecule has 2 heteroatoms. The third kappa shape index (κ3) is 5.60. The standard InChI is InChI=1S/C15H25NS/c1-5-10-16-11-13(4)17-15-8-6-14(7-9-15)12(2)3/h6-9,12-13,16H,5,10-11H2,1-4H3. The molecule has 1 unspecified atom stereocenters. The zero-order valence-electron chi connectivity index (χ0n) is 11.5. The van der Waals surface area contributed by atoms with Crippen LogP contribution in [-0.4, -0.2) is 18.3 Å². The predicted molar refractivity (Wildman–Crippen MR) is 79.0 cm³/mol. The van der Waals surface area contributed by atoms with E-state index < -0.39 is 0 Å². The highest BCUT2D eigenvalue weighted by Crippen LogP contribution is 2.24. The lowest BCUT2D eigenvalue weighted by Gasteiger charge is -2.13. The lowest BCUT2D eigenvalue weighted by atomic mass is 10.0. The lowest BCUT2D eigenvalue weighted by molar-refractivity contribution is 0.669. The molecule has 0 saturated carbocycles. The largest absolute Gasteiger partial charge is 0.316 e. The summed E-state index contributed by atoms with van der Waals surface area (Å²) in [5.41, 5.74) is 1.42. The summed E-state index contributed by atoms with van der Waals surface area (Å²) < 4.78 is 0. The van der Waals surface area contributed by atoms with Gasteiger partial charge in [0.1, 0.15) is 0 Å². The first-order valence-corrected chi connectivity index (χ1v) is 7.48. The number of rotatable bonds is 7. The molecular weight excluding hydrogens is 226 g/mol. The van der Waals surface area contributed by atoms with Crippen LogP contribution in [0.15, 0.2) is 29.2 Å². The van der Waals surface area contributed by atoms with E-state index in [1.807, 2.05) is 11.8 Å². The molecule has 0 aromatic heterocycles. The topological polar surface area (TPSA) is 12.0 Å². The Kier molecular flexibility index (Phi) is 6.68. The molecular formula is C15H25NS. The fraction of sp³-hybridized carbons (Fsp3) is 0.600. The molecule has 96 valence electrons. The summed E-state index contributed by atoms with van der Waals surface area (Å²) in [5, 5.41) is 4.09. The van der Waals surface area contributed by atoms with Crippen LogP contribution < -0.4 is 5.32 Å². The van der Waals surface area contributed by atoms with E-state index in [0.29, 0.717) is 11.2 Å². The van der Waals surface area contributed by atoms with Crippen molar-refractivity contribution in [2.45, 2.75) is 50.2 Å². The second-order valence-corrected chi connectivity index (χ2v) is 6.37. The van der Waals surface area contributed by atoms with Crippen LogP contribution in [0.5, 0.6) is 0 Å². The summed E-state index contributed by atoms with van der Waals surface area (Å²) in [6.07, 6.45) is 1.21. The Morgan fingerprint density at radius 3 is 2.29 bits per heavy atom. The van der Waals surface area contributed by atoms with Gasteiger partial charge in [0.25, 0.3) is 0 Å². The molecule has 0 heterocycles. The second-order valence-electron chi connectivity index (χ2n) is 4.86. The van der Waals surface area contributed by atoms with Gasteiger partial charge in [-0.05, 0) is 36.6 Å². The SMILES string of the molecule is CCCNCC(C)Sc1ccc(C(C)C)cc1. The van der Waals surface area contributed by atoms with Gasteiger partial charge < -0.3 is 5.32 Å². The number of benzene rings is 1. The summed E-state index contributed by atoms with van der Waals surface area (Å²) >= 11 is 1.95. The molecule has 0 aliphatic heterocycles. The summed E-state index contributed by atoms with van der Waals surface area (Å²) in [5.74, 6) is 0.623. The highest BCUT2D eigenvalue weighted by Gasteiger charge is 2.04.